The van der Waals surface area contributed by atoms with Gasteiger partial charge in [0, 0.05) is 24.5 Å². The van der Waals surface area contributed by atoms with Crippen molar-refractivity contribution in [2.75, 3.05) is 7.11 Å². The molecule has 0 radical (unpaired) electrons. The van der Waals surface area contributed by atoms with Crippen LogP contribution < -0.4 is 10.1 Å². The highest BCUT2D eigenvalue weighted by Crippen LogP contribution is 2.33. The molecular weight excluding hydrogens is 288 g/mol. The minimum atomic E-state index is -0.0973. The number of amides is 1. The van der Waals surface area contributed by atoms with Gasteiger partial charge in [-0.2, -0.15) is 0 Å². The number of methoxy groups -OCH3 is 1. The Balaban J connectivity index is 2.22. The summed E-state index contributed by atoms with van der Waals surface area (Å²) in [6.07, 6.45) is 3.23. The van der Waals surface area contributed by atoms with Gasteiger partial charge in [-0.05, 0) is 53.3 Å². The van der Waals surface area contributed by atoms with Gasteiger partial charge in [-0.15, -0.1) is 0 Å². The molecular formula is C19H24N2O2. The minimum Gasteiger partial charge on any atom is -0.496 e. The van der Waals surface area contributed by atoms with Gasteiger partial charge in [0.05, 0.1) is 7.11 Å². The molecule has 2 rings (SSSR count). The van der Waals surface area contributed by atoms with Gasteiger partial charge >= 0.3 is 0 Å². The Morgan fingerprint density at radius 3 is 2.43 bits per heavy atom. The number of nitrogens with zero attached hydrogens (tertiary/aromatic N) is 1. The smallest absolute Gasteiger partial charge is 0.251 e. The SMILES string of the molecule is COc1cc(C)c(CNC(=O)c2ccncc2)cc1C(C)(C)C. The molecule has 122 valence electrons. The van der Waals surface area contributed by atoms with Crippen LogP contribution in [0.5, 0.6) is 5.75 Å². The maximum atomic E-state index is 12.2. The lowest BCUT2D eigenvalue weighted by Gasteiger charge is -2.24. The number of ether oxygens (including phenoxy) is 1. The van der Waals surface area contributed by atoms with E-state index in [-0.39, 0.29) is 11.3 Å². The van der Waals surface area contributed by atoms with Gasteiger partial charge in [0.2, 0.25) is 0 Å². The fourth-order valence-corrected chi connectivity index (χ4v) is 2.45. The number of hydrogen-bond donors (Lipinski definition) is 1. The van der Waals surface area contributed by atoms with E-state index in [0.717, 1.165) is 22.4 Å². The highest BCUT2D eigenvalue weighted by molar-refractivity contribution is 5.93. The lowest BCUT2D eigenvalue weighted by molar-refractivity contribution is 0.0951. The molecule has 0 aliphatic carbocycles. The molecule has 0 aliphatic rings. The topological polar surface area (TPSA) is 51.2 Å². The lowest BCUT2D eigenvalue weighted by Crippen LogP contribution is -2.24. The predicted molar refractivity (Wildman–Crippen MR) is 91.8 cm³/mol. The number of nitrogens with one attached hydrogen (secondary N) is 1. The molecule has 1 N–H and O–H groups in total. The van der Waals surface area contributed by atoms with E-state index in [1.54, 1.807) is 31.6 Å². The molecule has 0 atom stereocenters. The second-order valence-corrected chi connectivity index (χ2v) is 6.65. The number of rotatable bonds is 4. The summed E-state index contributed by atoms with van der Waals surface area (Å²) in [6.45, 7) is 8.97. The predicted octanol–water partition coefficient (Wildman–Crippen LogP) is 3.63. The van der Waals surface area contributed by atoms with E-state index in [1.165, 1.54) is 0 Å². The van der Waals surface area contributed by atoms with Crippen molar-refractivity contribution < 1.29 is 9.53 Å². The van der Waals surface area contributed by atoms with Crippen LogP contribution in [0, 0.1) is 6.92 Å². The number of hydrogen-bond acceptors (Lipinski definition) is 3. The first-order valence-corrected chi connectivity index (χ1v) is 7.69. The molecule has 0 saturated carbocycles. The van der Waals surface area contributed by atoms with Crippen LogP contribution in [0.2, 0.25) is 0 Å². The molecule has 23 heavy (non-hydrogen) atoms. The highest BCUT2D eigenvalue weighted by Gasteiger charge is 2.20. The van der Waals surface area contributed by atoms with Crippen molar-refractivity contribution in [3.8, 4) is 5.75 Å². The zero-order chi connectivity index (χ0) is 17.0. The third-order valence-corrected chi connectivity index (χ3v) is 3.85. The summed E-state index contributed by atoms with van der Waals surface area (Å²) in [5, 5.41) is 2.96. The van der Waals surface area contributed by atoms with Gasteiger partial charge in [-0.3, -0.25) is 9.78 Å². The Morgan fingerprint density at radius 2 is 1.87 bits per heavy atom. The first-order valence-electron chi connectivity index (χ1n) is 7.69. The van der Waals surface area contributed by atoms with E-state index >= 15 is 0 Å². The number of carbonyl (C=O) groups excluding carboxylic acids is 1. The molecule has 0 fully saturated rings. The Labute approximate surface area is 137 Å². The third-order valence-electron chi connectivity index (χ3n) is 3.85. The molecule has 1 aromatic heterocycles. The monoisotopic (exact) mass is 312 g/mol. The van der Waals surface area contributed by atoms with Crippen LogP contribution >= 0.6 is 0 Å². The van der Waals surface area contributed by atoms with Crippen LogP contribution in [-0.4, -0.2) is 18.0 Å². The quantitative estimate of drug-likeness (QED) is 0.938. The van der Waals surface area contributed by atoms with E-state index in [2.05, 4.69) is 37.1 Å². The highest BCUT2D eigenvalue weighted by atomic mass is 16.5. The number of aromatic nitrogens is 1. The summed E-state index contributed by atoms with van der Waals surface area (Å²) in [4.78, 5) is 16.1. The van der Waals surface area contributed by atoms with E-state index in [1.807, 2.05) is 13.0 Å². The summed E-state index contributed by atoms with van der Waals surface area (Å²) >= 11 is 0. The van der Waals surface area contributed by atoms with Crippen LogP contribution in [0.3, 0.4) is 0 Å². The second-order valence-electron chi connectivity index (χ2n) is 6.65. The van der Waals surface area contributed by atoms with E-state index in [4.69, 9.17) is 4.74 Å². The standard InChI is InChI=1S/C19H24N2O2/c1-13-10-17(23-5)16(19(2,3)4)11-15(13)12-21-18(22)14-6-8-20-9-7-14/h6-11H,12H2,1-5H3,(H,21,22). The van der Waals surface area contributed by atoms with E-state index < -0.39 is 0 Å². The van der Waals surface area contributed by atoms with Gasteiger partial charge < -0.3 is 10.1 Å². The largest absolute Gasteiger partial charge is 0.496 e. The minimum absolute atomic E-state index is 0.0249. The van der Waals surface area contributed by atoms with Gasteiger partial charge in [0.25, 0.3) is 5.91 Å². The fraction of sp³-hybridized carbons (Fsp3) is 0.368. The Bertz CT molecular complexity index is 689. The third kappa shape index (κ3) is 4.09. The Hall–Kier alpha value is -2.36. The summed E-state index contributed by atoms with van der Waals surface area (Å²) in [7, 11) is 1.69. The van der Waals surface area contributed by atoms with Gasteiger partial charge in [0.1, 0.15) is 5.75 Å². The van der Waals surface area contributed by atoms with Crippen molar-refractivity contribution in [2.24, 2.45) is 0 Å². The molecule has 4 heteroatoms. The van der Waals surface area contributed by atoms with Crippen molar-refractivity contribution in [3.63, 3.8) is 0 Å². The maximum Gasteiger partial charge on any atom is 0.251 e. The summed E-state index contributed by atoms with van der Waals surface area (Å²) in [5.74, 6) is 0.791. The van der Waals surface area contributed by atoms with Crippen molar-refractivity contribution in [1.29, 1.82) is 0 Å². The van der Waals surface area contributed by atoms with Crippen molar-refractivity contribution in [1.82, 2.24) is 10.3 Å². The summed E-state index contributed by atoms with van der Waals surface area (Å²) in [5.41, 5.74) is 3.92. The summed E-state index contributed by atoms with van der Waals surface area (Å²) < 4.78 is 5.51. The molecule has 0 aliphatic heterocycles. The van der Waals surface area contributed by atoms with E-state index in [0.29, 0.717) is 12.1 Å². The first kappa shape index (κ1) is 17.0. The summed E-state index contributed by atoms with van der Waals surface area (Å²) in [6, 6.07) is 7.57. The number of benzene rings is 1. The zero-order valence-electron chi connectivity index (χ0n) is 14.4. The molecule has 1 aromatic carbocycles. The molecule has 1 amide bonds. The van der Waals surface area contributed by atoms with Crippen LogP contribution in [0.4, 0.5) is 0 Å². The van der Waals surface area contributed by atoms with Crippen molar-refractivity contribution in [3.05, 3.63) is 58.9 Å². The van der Waals surface area contributed by atoms with Crippen LogP contribution in [0.15, 0.2) is 36.7 Å². The van der Waals surface area contributed by atoms with Crippen LogP contribution in [0.25, 0.3) is 0 Å². The van der Waals surface area contributed by atoms with Gasteiger partial charge in [-0.1, -0.05) is 20.8 Å². The molecule has 2 aromatic rings. The number of aryl methyl sites for hydroxylation is 1. The first-order chi connectivity index (χ1) is 10.8. The Morgan fingerprint density at radius 1 is 1.22 bits per heavy atom. The molecule has 0 unspecified atom stereocenters. The van der Waals surface area contributed by atoms with Gasteiger partial charge in [0.15, 0.2) is 0 Å². The van der Waals surface area contributed by atoms with Crippen molar-refractivity contribution in [2.45, 2.75) is 39.7 Å². The van der Waals surface area contributed by atoms with Crippen LogP contribution in [0.1, 0.15) is 47.8 Å². The van der Waals surface area contributed by atoms with Crippen LogP contribution in [-0.2, 0) is 12.0 Å². The lowest BCUT2D eigenvalue weighted by atomic mass is 9.84. The maximum absolute atomic E-state index is 12.2. The average Bonchev–Trinajstić information content (AvgIpc) is 2.52. The zero-order valence-corrected chi connectivity index (χ0v) is 14.4. The van der Waals surface area contributed by atoms with E-state index in [9.17, 15) is 4.79 Å². The van der Waals surface area contributed by atoms with Gasteiger partial charge in [-0.25, -0.2) is 0 Å². The number of pyridine rings is 1. The van der Waals surface area contributed by atoms with Crippen molar-refractivity contribution >= 4 is 5.91 Å². The molecule has 1 heterocycles. The molecule has 0 saturated heterocycles. The molecule has 0 spiro atoms. The second kappa shape index (κ2) is 6.82. The Kier molecular flexibility index (Phi) is 5.04. The average molecular weight is 312 g/mol. The number of carbonyl (C=O) groups is 1. The fourth-order valence-electron chi connectivity index (χ4n) is 2.45. The molecule has 0 bridgehead atoms. The molecule has 4 nitrogen and oxygen atoms in total. The normalized spacial score (nSPS) is 11.2.